The van der Waals surface area contributed by atoms with Gasteiger partial charge in [0.2, 0.25) is 0 Å². The number of anilines is 1. The highest BCUT2D eigenvalue weighted by molar-refractivity contribution is 8.08. The second-order valence-corrected chi connectivity index (χ2v) is 13.2. The zero-order valence-electron chi connectivity index (χ0n) is 19.8. The third kappa shape index (κ3) is 5.05. The summed E-state index contributed by atoms with van der Waals surface area (Å²) in [6.45, 7) is 3.31. The summed E-state index contributed by atoms with van der Waals surface area (Å²) in [4.78, 5) is 16.6. The summed E-state index contributed by atoms with van der Waals surface area (Å²) >= 11 is 4.62. The number of aromatic nitrogens is 2. The van der Waals surface area contributed by atoms with Crippen LogP contribution < -0.4 is 36.6 Å². The van der Waals surface area contributed by atoms with E-state index < -0.39 is 9.84 Å². The number of rotatable bonds is 5. The van der Waals surface area contributed by atoms with Crippen molar-refractivity contribution in [1.29, 1.82) is 0 Å². The Balaban J connectivity index is 0.00000304. The molecule has 4 aromatic rings. The SMILES string of the molecule is CCn1c(=O)/c(=C2\Sc3ccc(S(C)(=O)=O)cc3N2C)s/c1=C\c1scc[n+]1Cc1ccccc1.[Cl-]. The maximum absolute atomic E-state index is 13.4. The maximum atomic E-state index is 13.4. The molecule has 36 heavy (non-hydrogen) atoms. The molecule has 0 atom stereocenters. The molecule has 6 nitrogen and oxygen atoms in total. The lowest BCUT2D eigenvalue weighted by atomic mass is 10.2. The molecule has 0 aliphatic carbocycles. The standard InChI is InChI=1S/C25H24N3O3S4.ClH/c1-4-28-22(15-21-27(12-13-32-21)16-17-8-6-5-7-9-17)34-23(24(28)29)25-26(2)19-14-18(35(3,30)31)10-11-20(19)33-25;/h5-15H,4,16H2,1-3H3;1H/q+1;/p-1/b25-23+;. The molecule has 1 aliphatic heterocycles. The number of thiazole rings is 2. The summed E-state index contributed by atoms with van der Waals surface area (Å²) in [5.74, 6) is 0. The Hall–Kier alpha value is -2.37. The first-order valence-corrected chi connectivity index (χ1v) is 15.4. The van der Waals surface area contributed by atoms with Crippen molar-refractivity contribution in [3.8, 4) is 0 Å². The van der Waals surface area contributed by atoms with Gasteiger partial charge in [0.15, 0.2) is 22.6 Å². The molecule has 0 saturated carbocycles. The first-order valence-electron chi connectivity index (χ1n) is 11.0. The van der Waals surface area contributed by atoms with E-state index in [1.165, 1.54) is 34.9 Å². The van der Waals surface area contributed by atoms with Gasteiger partial charge in [0, 0.05) is 30.3 Å². The average molecular weight is 578 g/mol. The van der Waals surface area contributed by atoms with Crippen LogP contribution in [-0.2, 0) is 22.9 Å². The first kappa shape index (κ1) is 26.7. The average Bonchev–Trinajstić information content (AvgIpc) is 3.50. The fourth-order valence-corrected chi connectivity index (χ4v) is 7.91. The number of hydrogen-bond donors (Lipinski definition) is 0. The zero-order valence-corrected chi connectivity index (χ0v) is 23.9. The van der Waals surface area contributed by atoms with Crippen LogP contribution in [0.5, 0.6) is 0 Å². The van der Waals surface area contributed by atoms with Gasteiger partial charge < -0.3 is 17.3 Å². The van der Waals surface area contributed by atoms with Crippen molar-refractivity contribution in [2.45, 2.75) is 29.8 Å². The summed E-state index contributed by atoms with van der Waals surface area (Å²) in [7, 11) is -1.43. The summed E-state index contributed by atoms with van der Waals surface area (Å²) in [6, 6.07) is 15.4. The second-order valence-electron chi connectivity index (χ2n) is 8.19. The van der Waals surface area contributed by atoms with Gasteiger partial charge in [-0.2, -0.15) is 4.57 Å². The molecular formula is C25H24ClN3O3S4. The van der Waals surface area contributed by atoms with Gasteiger partial charge in [-0.15, -0.1) is 11.3 Å². The minimum absolute atomic E-state index is 0. The predicted octanol–water partition coefficient (Wildman–Crippen LogP) is -0.129. The van der Waals surface area contributed by atoms with E-state index in [4.69, 9.17) is 0 Å². The molecule has 11 heteroatoms. The van der Waals surface area contributed by atoms with Gasteiger partial charge in [-0.25, -0.2) is 8.42 Å². The third-order valence-electron chi connectivity index (χ3n) is 5.81. The summed E-state index contributed by atoms with van der Waals surface area (Å²) in [5, 5.41) is 3.96. The molecule has 1 aliphatic rings. The summed E-state index contributed by atoms with van der Waals surface area (Å²) in [6.07, 6.45) is 5.36. The van der Waals surface area contributed by atoms with Gasteiger partial charge in [0.25, 0.3) is 10.6 Å². The molecule has 0 amide bonds. The van der Waals surface area contributed by atoms with Gasteiger partial charge in [-0.3, -0.25) is 9.36 Å². The van der Waals surface area contributed by atoms with Crippen LogP contribution in [0, 0.1) is 0 Å². The number of halogens is 1. The molecule has 0 fully saturated rings. The fraction of sp³-hybridized carbons (Fsp3) is 0.200. The smallest absolute Gasteiger partial charge is 0.271 e. The molecule has 0 saturated heterocycles. The van der Waals surface area contributed by atoms with Crippen LogP contribution in [-0.4, -0.2) is 26.3 Å². The van der Waals surface area contributed by atoms with Crippen LogP contribution in [0.25, 0.3) is 11.1 Å². The molecule has 188 valence electrons. The Bertz CT molecular complexity index is 1710. The lowest BCUT2D eigenvalue weighted by molar-refractivity contribution is -0.685. The Labute approximate surface area is 228 Å². The quantitative estimate of drug-likeness (QED) is 0.309. The molecule has 2 aromatic heterocycles. The topological polar surface area (TPSA) is 63.3 Å². The van der Waals surface area contributed by atoms with Crippen molar-refractivity contribution in [3.63, 3.8) is 0 Å². The van der Waals surface area contributed by atoms with Crippen molar-refractivity contribution >= 4 is 61.1 Å². The number of fused-ring (bicyclic) bond motifs is 1. The van der Waals surface area contributed by atoms with Crippen LogP contribution >= 0.6 is 34.4 Å². The summed E-state index contributed by atoms with van der Waals surface area (Å²) in [5.41, 5.74) is 1.99. The molecule has 0 N–H and O–H groups in total. The normalized spacial score (nSPS) is 15.2. The molecule has 5 rings (SSSR count). The lowest BCUT2D eigenvalue weighted by Gasteiger charge is -2.13. The Kier molecular flexibility index (Phi) is 7.82. The summed E-state index contributed by atoms with van der Waals surface area (Å²) < 4.78 is 29.6. The van der Waals surface area contributed by atoms with E-state index in [-0.39, 0.29) is 22.9 Å². The van der Waals surface area contributed by atoms with E-state index in [0.717, 1.165) is 31.8 Å². The van der Waals surface area contributed by atoms with E-state index in [1.807, 2.05) is 43.1 Å². The predicted molar refractivity (Wildman–Crippen MR) is 144 cm³/mol. The monoisotopic (exact) mass is 577 g/mol. The van der Waals surface area contributed by atoms with E-state index in [0.29, 0.717) is 11.1 Å². The molecule has 0 bridgehead atoms. The van der Waals surface area contributed by atoms with Crippen LogP contribution in [0.4, 0.5) is 5.69 Å². The van der Waals surface area contributed by atoms with Gasteiger partial charge >= 0.3 is 0 Å². The zero-order chi connectivity index (χ0) is 24.7. The minimum atomic E-state index is -3.32. The Morgan fingerprint density at radius 1 is 1.11 bits per heavy atom. The fourth-order valence-electron chi connectivity index (χ4n) is 3.97. The number of nitrogens with zero attached hydrogens (tertiary/aromatic N) is 3. The van der Waals surface area contributed by atoms with E-state index in [9.17, 15) is 13.2 Å². The van der Waals surface area contributed by atoms with E-state index in [2.05, 4.69) is 34.4 Å². The van der Waals surface area contributed by atoms with Crippen molar-refractivity contribution in [3.05, 3.63) is 90.2 Å². The van der Waals surface area contributed by atoms with Gasteiger partial charge in [-0.05, 0) is 25.1 Å². The van der Waals surface area contributed by atoms with E-state index >= 15 is 0 Å². The van der Waals surface area contributed by atoms with Crippen LogP contribution in [0.1, 0.15) is 17.5 Å². The number of hydrogen-bond acceptors (Lipinski definition) is 7. The highest BCUT2D eigenvalue weighted by Crippen LogP contribution is 2.46. The van der Waals surface area contributed by atoms with Gasteiger partial charge in [0.1, 0.15) is 14.2 Å². The molecule has 0 spiro atoms. The first-order chi connectivity index (χ1) is 16.8. The van der Waals surface area contributed by atoms with Crippen molar-refractivity contribution < 1.29 is 25.4 Å². The second kappa shape index (κ2) is 10.5. The number of benzene rings is 2. The Morgan fingerprint density at radius 3 is 2.56 bits per heavy atom. The van der Waals surface area contributed by atoms with Crippen LogP contribution in [0.15, 0.2) is 74.7 Å². The molecule has 2 aromatic carbocycles. The largest absolute Gasteiger partial charge is 1.00 e. The number of thioether (sulfide) groups is 1. The van der Waals surface area contributed by atoms with Gasteiger partial charge in [0.05, 0.1) is 22.0 Å². The highest BCUT2D eigenvalue weighted by atomic mass is 35.5. The maximum Gasteiger partial charge on any atom is 0.271 e. The number of sulfone groups is 1. The molecule has 0 unspecified atom stereocenters. The molecular weight excluding hydrogens is 554 g/mol. The van der Waals surface area contributed by atoms with Gasteiger partial charge in [-0.1, -0.05) is 53.4 Å². The molecule has 0 radical (unpaired) electrons. The van der Waals surface area contributed by atoms with Crippen molar-refractivity contribution in [2.75, 3.05) is 18.2 Å². The Morgan fingerprint density at radius 2 is 1.86 bits per heavy atom. The van der Waals surface area contributed by atoms with Crippen LogP contribution in [0.2, 0.25) is 0 Å². The van der Waals surface area contributed by atoms with Crippen LogP contribution in [0.3, 0.4) is 0 Å². The van der Waals surface area contributed by atoms with E-state index in [1.54, 1.807) is 28.0 Å². The third-order valence-corrected chi connectivity index (χ3v) is 10.3. The lowest BCUT2D eigenvalue weighted by Crippen LogP contribution is -3.00. The molecule has 3 heterocycles. The minimum Gasteiger partial charge on any atom is -1.00 e. The highest BCUT2D eigenvalue weighted by Gasteiger charge is 2.26. The van der Waals surface area contributed by atoms with Crippen molar-refractivity contribution in [2.24, 2.45) is 0 Å². The van der Waals surface area contributed by atoms with Crippen molar-refractivity contribution in [1.82, 2.24) is 4.57 Å².